The number of hydrogen-bond donors (Lipinski definition) is 3. The number of aliphatic hydroxyl groups is 1. The van der Waals surface area contributed by atoms with Gasteiger partial charge in [0.15, 0.2) is 6.10 Å². The molecule has 0 bridgehead atoms. The van der Waals surface area contributed by atoms with E-state index < -0.39 is 41.2 Å². The number of nitrogens with one attached hydrogen (secondary N) is 2. The number of rotatable bonds is 5. The molecule has 1 aromatic heterocycles. The third-order valence-corrected chi connectivity index (χ3v) is 5.09. The van der Waals surface area contributed by atoms with Crippen LogP contribution in [0.4, 0.5) is 14.5 Å². The summed E-state index contributed by atoms with van der Waals surface area (Å²) in [5, 5.41) is 16.7. The number of aliphatic hydroxyl groups excluding tert-OH is 1. The summed E-state index contributed by atoms with van der Waals surface area (Å²) < 4.78 is 32.0. The predicted molar refractivity (Wildman–Crippen MR) is 118 cm³/mol. The number of anilines is 1. The molecule has 0 radical (unpaired) electrons. The van der Waals surface area contributed by atoms with Gasteiger partial charge < -0.3 is 20.2 Å². The van der Waals surface area contributed by atoms with E-state index in [-0.39, 0.29) is 5.56 Å². The zero-order chi connectivity index (χ0) is 23.7. The fourth-order valence-corrected chi connectivity index (χ4v) is 3.45. The van der Waals surface area contributed by atoms with E-state index in [0.29, 0.717) is 33.5 Å². The first kappa shape index (κ1) is 22.1. The predicted octanol–water partition coefficient (Wildman–Crippen LogP) is 3.40. The van der Waals surface area contributed by atoms with Gasteiger partial charge in [-0.05, 0) is 54.3 Å². The number of halogens is 2. The van der Waals surface area contributed by atoms with Crippen molar-refractivity contribution in [3.8, 4) is 0 Å². The molecule has 0 aliphatic carbocycles. The molecule has 2 amide bonds. The van der Waals surface area contributed by atoms with Crippen LogP contribution < -0.4 is 16.3 Å². The molecule has 3 N–H and O–H groups in total. The Bertz CT molecular complexity index is 1430. The maximum atomic E-state index is 13.3. The van der Waals surface area contributed by atoms with Crippen LogP contribution in [0.25, 0.3) is 21.7 Å². The van der Waals surface area contributed by atoms with Crippen molar-refractivity contribution in [2.45, 2.75) is 19.1 Å². The molecule has 0 saturated heterocycles. The van der Waals surface area contributed by atoms with Gasteiger partial charge in [-0.3, -0.25) is 9.59 Å². The first-order chi connectivity index (χ1) is 15.7. The standard InChI is InChI=1S/C24H18F2N2O5/c1-12(27-23(31)21(29)13-8-14(25)10-15(26)9-13)22(30)28-16-6-7-20-19(11-16)17-4-2-3-5-18(17)24(32)33-20/h2-12,21,29H,1H3,(H,27,31)(H,28,30)/t12-,21-/m0/s1. The highest BCUT2D eigenvalue weighted by atomic mass is 19.1. The quantitative estimate of drug-likeness (QED) is 0.318. The van der Waals surface area contributed by atoms with E-state index in [2.05, 4.69) is 10.6 Å². The molecule has 7 nitrogen and oxygen atoms in total. The molecular formula is C24H18F2N2O5. The monoisotopic (exact) mass is 452 g/mol. The van der Waals surface area contributed by atoms with Crippen molar-refractivity contribution in [2.24, 2.45) is 0 Å². The van der Waals surface area contributed by atoms with Crippen molar-refractivity contribution in [2.75, 3.05) is 5.32 Å². The topological polar surface area (TPSA) is 109 Å². The normalized spacial score (nSPS) is 13.0. The molecule has 0 spiro atoms. The number of amides is 2. The van der Waals surface area contributed by atoms with E-state index in [1.165, 1.54) is 13.0 Å². The first-order valence-corrected chi connectivity index (χ1v) is 9.94. The van der Waals surface area contributed by atoms with Crippen LogP contribution in [-0.4, -0.2) is 23.0 Å². The Kier molecular flexibility index (Phi) is 5.89. The van der Waals surface area contributed by atoms with E-state index >= 15 is 0 Å². The molecule has 0 fully saturated rings. The lowest BCUT2D eigenvalue weighted by molar-refractivity contribution is -0.132. The Morgan fingerprint density at radius 3 is 2.27 bits per heavy atom. The number of carbonyl (C=O) groups is 2. The van der Waals surface area contributed by atoms with Crippen molar-refractivity contribution in [1.82, 2.24) is 5.32 Å². The van der Waals surface area contributed by atoms with Gasteiger partial charge in [-0.25, -0.2) is 13.6 Å². The zero-order valence-electron chi connectivity index (χ0n) is 17.3. The lowest BCUT2D eigenvalue weighted by Gasteiger charge is -2.17. The summed E-state index contributed by atoms with van der Waals surface area (Å²) in [6, 6.07) is 12.8. The van der Waals surface area contributed by atoms with Crippen molar-refractivity contribution >= 4 is 39.2 Å². The molecule has 2 atom stereocenters. The van der Waals surface area contributed by atoms with Crippen molar-refractivity contribution < 1.29 is 27.9 Å². The van der Waals surface area contributed by atoms with Gasteiger partial charge in [0.25, 0.3) is 5.91 Å². The summed E-state index contributed by atoms with van der Waals surface area (Å²) in [5.74, 6) is -3.47. The van der Waals surface area contributed by atoms with Gasteiger partial charge >= 0.3 is 5.63 Å². The molecule has 168 valence electrons. The molecule has 33 heavy (non-hydrogen) atoms. The summed E-state index contributed by atoms with van der Waals surface area (Å²) >= 11 is 0. The molecular weight excluding hydrogens is 434 g/mol. The third kappa shape index (κ3) is 4.58. The summed E-state index contributed by atoms with van der Waals surface area (Å²) in [6.07, 6.45) is -1.86. The number of benzene rings is 3. The van der Waals surface area contributed by atoms with E-state index in [4.69, 9.17) is 4.42 Å². The van der Waals surface area contributed by atoms with Crippen molar-refractivity contribution in [1.29, 1.82) is 0 Å². The number of carbonyl (C=O) groups excluding carboxylic acids is 2. The minimum absolute atomic E-state index is 0.277. The second-order valence-corrected chi connectivity index (χ2v) is 7.47. The van der Waals surface area contributed by atoms with Gasteiger partial charge in [-0.1, -0.05) is 18.2 Å². The lowest BCUT2D eigenvalue weighted by atomic mass is 10.1. The lowest BCUT2D eigenvalue weighted by Crippen LogP contribution is -2.43. The second-order valence-electron chi connectivity index (χ2n) is 7.47. The molecule has 0 aliphatic heterocycles. The van der Waals surface area contributed by atoms with E-state index in [1.54, 1.807) is 36.4 Å². The van der Waals surface area contributed by atoms with E-state index in [9.17, 15) is 28.3 Å². The van der Waals surface area contributed by atoms with Crippen LogP contribution in [-0.2, 0) is 9.59 Å². The summed E-state index contributed by atoms with van der Waals surface area (Å²) in [5.41, 5.74) is -0.00712. The molecule has 4 aromatic rings. The highest BCUT2D eigenvalue weighted by molar-refractivity contribution is 6.06. The van der Waals surface area contributed by atoms with Crippen LogP contribution in [0.1, 0.15) is 18.6 Å². The average Bonchev–Trinajstić information content (AvgIpc) is 2.78. The summed E-state index contributed by atoms with van der Waals surface area (Å²) in [6.45, 7) is 1.39. The minimum atomic E-state index is -1.86. The second kappa shape index (κ2) is 8.79. The van der Waals surface area contributed by atoms with Gasteiger partial charge in [0.1, 0.15) is 23.3 Å². The van der Waals surface area contributed by atoms with Gasteiger partial charge in [0.2, 0.25) is 5.91 Å². The van der Waals surface area contributed by atoms with Crippen LogP contribution >= 0.6 is 0 Å². The maximum absolute atomic E-state index is 13.3. The highest BCUT2D eigenvalue weighted by Crippen LogP contribution is 2.25. The van der Waals surface area contributed by atoms with Crippen LogP contribution in [0.3, 0.4) is 0 Å². The molecule has 9 heteroatoms. The van der Waals surface area contributed by atoms with Crippen molar-refractivity contribution in [3.05, 3.63) is 88.3 Å². The number of hydrogen-bond acceptors (Lipinski definition) is 5. The van der Waals surface area contributed by atoms with Crippen LogP contribution in [0.2, 0.25) is 0 Å². The van der Waals surface area contributed by atoms with Gasteiger partial charge in [0.05, 0.1) is 5.39 Å². The molecule has 0 aliphatic rings. The Morgan fingerprint density at radius 2 is 1.58 bits per heavy atom. The van der Waals surface area contributed by atoms with E-state index in [0.717, 1.165) is 12.1 Å². The Morgan fingerprint density at radius 1 is 0.909 bits per heavy atom. The Hall–Kier alpha value is -4.11. The fraction of sp³-hybridized carbons (Fsp3) is 0.125. The highest BCUT2D eigenvalue weighted by Gasteiger charge is 2.23. The summed E-state index contributed by atoms with van der Waals surface area (Å²) in [7, 11) is 0. The molecule has 1 heterocycles. The maximum Gasteiger partial charge on any atom is 0.344 e. The zero-order valence-corrected chi connectivity index (χ0v) is 17.3. The molecule has 3 aromatic carbocycles. The first-order valence-electron chi connectivity index (χ1n) is 9.94. The van der Waals surface area contributed by atoms with Gasteiger partial charge in [-0.2, -0.15) is 0 Å². The Labute approximate surface area is 185 Å². The SMILES string of the molecule is C[C@H](NC(=O)[C@@H](O)c1cc(F)cc(F)c1)C(=O)Nc1ccc2oc(=O)c3ccccc3c2c1. The van der Waals surface area contributed by atoms with Crippen LogP contribution in [0, 0.1) is 11.6 Å². The largest absolute Gasteiger partial charge is 0.422 e. The average molecular weight is 452 g/mol. The van der Waals surface area contributed by atoms with Crippen molar-refractivity contribution in [3.63, 3.8) is 0 Å². The third-order valence-electron chi connectivity index (χ3n) is 5.09. The minimum Gasteiger partial charge on any atom is -0.422 e. The van der Waals surface area contributed by atoms with Gasteiger partial charge in [0, 0.05) is 17.1 Å². The van der Waals surface area contributed by atoms with Crippen LogP contribution in [0.5, 0.6) is 0 Å². The van der Waals surface area contributed by atoms with Gasteiger partial charge in [-0.15, -0.1) is 0 Å². The molecule has 0 saturated carbocycles. The van der Waals surface area contributed by atoms with E-state index in [1.807, 2.05) is 0 Å². The molecule has 4 rings (SSSR count). The Balaban J connectivity index is 1.50. The smallest absolute Gasteiger partial charge is 0.344 e. The van der Waals surface area contributed by atoms with Crippen LogP contribution in [0.15, 0.2) is 69.9 Å². The fourth-order valence-electron chi connectivity index (χ4n) is 3.45. The summed E-state index contributed by atoms with van der Waals surface area (Å²) in [4.78, 5) is 36.9. The molecule has 0 unspecified atom stereocenters. The number of fused-ring (bicyclic) bond motifs is 3.